The summed E-state index contributed by atoms with van der Waals surface area (Å²) in [5.74, 6) is 1.76. The molecule has 0 bridgehead atoms. The topological polar surface area (TPSA) is 38.9 Å². The van der Waals surface area contributed by atoms with Crippen LogP contribution in [0.5, 0.6) is 0 Å². The molecule has 3 aromatic carbocycles. The van der Waals surface area contributed by atoms with E-state index in [4.69, 9.17) is 10.2 Å². The second-order valence-corrected chi connectivity index (χ2v) is 11.5. The highest BCUT2D eigenvalue weighted by atomic mass is 15.4. The van der Waals surface area contributed by atoms with Crippen molar-refractivity contribution >= 4 is 17.3 Å². The van der Waals surface area contributed by atoms with E-state index < -0.39 is 0 Å². The standard InChI is InChI=1S/C32H35N5/c1-31(2,3)27-22-35(24-16-10-7-11-17-24)33-29(27)37(26-20-14-9-15-21-26)30-28(32(4,5)6)23-36(34-30)25-18-12-8-13-19-25/h7-23H,1-6H3. The highest BCUT2D eigenvalue weighted by Gasteiger charge is 2.33. The maximum atomic E-state index is 5.20. The van der Waals surface area contributed by atoms with Crippen molar-refractivity contribution in [2.24, 2.45) is 0 Å². The van der Waals surface area contributed by atoms with Gasteiger partial charge in [-0.25, -0.2) is 9.36 Å². The lowest BCUT2D eigenvalue weighted by Crippen LogP contribution is -2.22. The summed E-state index contributed by atoms with van der Waals surface area (Å²) in [6, 6.07) is 31.0. The molecule has 0 unspecified atom stereocenters. The Balaban J connectivity index is 1.79. The number of rotatable bonds is 5. The van der Waals surface area contributed by atoms with Crippen LogP contribution in [0.15, 0.2) is 103 Å². The molecule has 0 N–H and O–H groups in total. The smallest absolute Gasteiger partial charge is 0.165 e. The van der Waals surface area contributed by atoms with Crippen LogP contribution in [0, 0.1) is 0 Å². The largest absolute Gasteiger partial charge is 0.276 e. The summed E-state index contributed by atoms with van der Waals surface area (Å²) in [7, 11) is 0. The van der Waals surface area contributed by atoms with E-state index in [1.54, 1.807) is 0 Å². The number of benzene rings is 3. The predicted octanol–water partition coefficient (Wildman–Crippen LogP) is 8.12. The van der Waals surface area contributed by atoms with E-state index in [0.29, 0.717) is 0 Å². The Kier molecular flexibility index (Phi) is 6.24. The van der Waals surface area contributed by atoms with Gasteiger partial charge in [0.2, 0.25) is 0 Å². The van der Waals surface area contributed by atoms with Crippen molar-refractivity contribution in [3.8, 4) is 11.4 Å². The van der Waals surface area contributed by atoms with E-state index in [1.165, 1.54) is 0 Å². The number of aromatic nitrogens is 4. The van der Waals surface area contributed by atoms with Gasteiger partial charge in [0.1, 0.15) is 0 Å². The average Bonchev–Trinajstić information content (AvgIpc) is 3.52. The van der Waals surface area contributed by atoms with Gasteiger partial charge >= 0.3 is 0 Å². The van der Waals surface area contributed by atoms with E-state index in [2.05, 4.69) is 107 Å². The molecule has 0 amide bonds. The zero-order valence-corrected chi connectivity index (χ0v) is 22.6. The van der Waals surface area contributed by atoms with Gasteiger partial charge in [-0.2, -0.15) is 0 Å². The summed E-state index contributed by atoms with van der Waals surface area (Å²) in [6.45, 7) is 13.4. The molecule has 0 saturated carbocycles. The fourth-order valence-corrected chi connectivity index (χ4v) is 4.47. The molecule has 0 saturated heterocycles. The van der Waals surface area contributed by atoms with E-state index in [0.717, 1.165) is 39.8 Å². The van der Waals surface area contributed by atoms with Gasteiger partial charge in [0, 0.05) is 29.2 Å². The summed E-state index contributed by atoms with van der Waals surface area (Å²) in [6.07, 6.45) is 4.32. The Morgan fingerprint density at radius 2 is 0.865 bits per heavy atom. The molecule has 0 aliphatic carbocycles. The summed E-state index contributed by atoms with van der Waals surface area (Å²) in [5.41, 5.74) is 5.09. The third-order valence-electron chi connectivity index (χ3n) is 6.48. The van der Waals surface area contributed by atoms with Crippen LogP contribution in [-0.4, -0.2) is 19.6 Å². The molecule has 0 spiro atoms. The predicted molar refractivity (Wildman–Crippen MR) is 153 cm³/mol. The number of para-hydroxylation sites is 3. The van der Waals surface area contributed by atoms with Crippen molar-refractivity contribution in [2.75, 3.05) is 4.90 Å². The number of nitrogens with zero attached hydrogens (tertiary/aromatic N) is 5. The first-order valence-electron chi connectivity index (χ1n) is 12.8. The zero-order chi connectivity index (χ0) is 26.2. The molecular weight excluding hydrogens is 454 g/mol. The van der Waals surface area contributed by atoms with Crippen molar-refractivity contribution in [1.82, 2.24) is 19.6 Å². The summed E-state index contributed by atoms with van der Waals surface area (Å²) in [4.78, 5) is 2.22. The Morgan fingerprint density at radius 3 is 1.22 bits per heavy atom. The maximum absolute atomic E-state index is 5.20. The van der Waals surface area contributed by atoms with Crippen LogP contribution in [0.1, 0.15) is 52.7 Å². The first-order chi connectivity index (χ1) is 17.6. The minimum atomic E-state index is -0.140. The summed E-state index contributed by atoms with van der Waals surface area (Å²) < 4.78 is 3.97. The monoisotopic (exact) mass is 489 g/mol. The minimum Gasteiger partial charge on any atom is -0.276 e. The van der Waals surface area contributed by atoms with Crippen LogP contribution in [0.2, 0.25) is 0 Å². The molecule has 37 heavy (non-hydrogen) atoms. The average molecular weight is 490 g/mol. The number of hydrogen-bond donors (Lipinski definition) is 0. The normalized spacial score (nSPS) is 12.1. The number of hydrogen-bond acceptors (Lipinski definition) is 3. The SMILES string of the molecule is CC(C)(C)c1cn(-c2ccccc2)nc1N(c1ccccc1)c1nn(-c2ccccc2)cc1C(C)(C)C. The lowest BCUT2D eigenvalue weighted by molar-refractivity contribution is 0.587. The van der Waals surface area contributed by atoms with Crippen molar-refractivity contribution in [3.05, 3.63) is 115 Å². The van der Waals surface area contributed by atoms with E-state index in [-0.39, 0.29) is 10.8 Å². The quantitative estimate of drug-likeness (QED) is 0.250. The molecule has 0 atom stereocenters. The molecule has 0 fully saturated rings. The summed E-state index contributed by atoms with van der Waals surface area (Å²) in [5, 5.41) is 10.4. The molecule has 0 aliphatic heterocycles. The minimum absolute atomic E-state index is 0.140. The maximum Gasteiger partial charge on any atom is 0.165 e. The fourth-order valence-electron chi connectivity index (χ4n) is 4.47. The molecule has 5 aromatic rings. The fraction of sp³-hybridized carbons (Fsp3) is 0.250. The highest BCUT2D eigenvalue weighted by molar-refractivity contribution is 5.77. The van der Waals surface area contributed by atoms with Crippen LogP contribution in [-0.2, 0) is 10.8 Å². The van der Waals surface area contributed by atoms with Gasteiger partial charge in [-0.1, -0.05) is 96.1 Å². The van der Waals surface area contributed by atoms with E-state index >= 15 is 0 Å². The lowest BCUT2D eigenvalue weighted by atomic mass is 9.87. The molecule has 5 heteroatoms. The molecule has 5 nitrogen and oxygen atoms in total. The van der Waals surface area contributed by atoms with Crippen LogP contribution in [0.25, 0.3) is 11.4 Å². The van der Waals surface area contributed by atoms with Gasteiger partial charge < -0.3 is 0 Å². The molecule has 188 valence electrons. The molecule has 2 heterocycles. The zero-order valence-electron chi connectivity index (χ0n) is 22.6. The van der Waals surface area contributed by atoms with Gasteiger partial charge in [-0.3, -0.25) is 4.90 Å². The Bertz CT molecular complexity index is 1370. The van der Waals surface area contributed by atoms with E-state index in [1.807, 2.05) is 51.8 Å². The molecular formula is C32H35N5. The van der Waals surface area contributed by atoms with Crippen LogP contribution in [0.3, 0.4) is 0 Å². The van der Waals surface area contributed by atoms with Gasteiger partial charge in [-0.15, -0.1) is 10.2 Å². The van der Waals surface area contributed by atoms with Crippen molar-refractivity contribution < 1.29 is 0 Å². The second-order valence-electron chi connectivity index (χ2n) is 11.5. The van der Waals surface area contributed by atoms with Gasteiger partial charge in [-0.05, 0) is 47.2 Å². The third kappa shape index (κ3) is 4.94. The Labute approximate surface area is 220 Å². The Morgan fingerprint density at radius 1 is 0.514 bits per heavy atom. The lowest BCUT2D eigenvalue weighted by Gasteiger charge is -2.29. The number of anilines is 3. The Hall–Kier alpha value is -4.12. The first-order valence-corrected chi connectivity index (χ1v) is 12.8. The van der Waals surface area contributed by atoms with Crippen LogP contribution < -0.4 is 4.90 Å². The van der Waals surface area contributed by atoms with E-state index in [9.17, 15) is 0 Å². The molecule has 0 radical (unpaired) electrons. The van der Waals surface area contributed by atoms with Crippen molar-refractivity contribution in [2.45, 2.75) is 52.4 Å². The first kappa shape index (κ1) is 24.6. The van der Waals surface area contributed by atoms with Crippen LogP contribution in [0.4, 0.5) is 17.3 Å². The highest BCUT2D eigenvalue weighted by Crippen LogP contribution is 2.43. The van der Waals surface area contributed by atoms with Gasteiger partial charge in [0.25, 0.3) is 0 Å². The van der Waals surface area contributed by atoms with Gasteiger partial charge in [0.05, 0.1) is 11.4 Å². The molecule has 2 aromatic heterocycles. The third-order valence-corrected chi connectivity index (χ3v) is 6.48. The second kappa shape index (κ2) is 9.40. The molecule has 5 rings (SSSR count). The van der Waals surface area contributed by atoms with Gasteiger partial charge in [0.15, 0.2) is 11.6 Å². The summed E-state index contributed by atoms with van der Waals surface area (Å²) >= 11 is 0. The van der Waals surface area contributed by atoms with Crippen molar-refractivity contribution in [3.63, 3.8) is 0 Å². The van der Waals surface area contributed by atoms with Crippen LogP contribution >= 0.6 is 0 Å². The van der Waals surface area contributed by atoms with Crippen molar-refractivity contribution in [1.29, 1.82) is 0 Å². The molecule has 0 aliphatic rings.